The first kappa shape index (κ1) is 11.5. The van der Waals surface area contributed by atoms with Gasteiger partial charge in [-0.3, -0.25) is 4.98 Å². The number of aromatic nitrogens is 3. The normalized spacial score (nSPS) is 10.7. The van der Waals surface area contributed by atoms with Crippen molar-refractivity contribution in [3.05, 3.63) is 29.7 Å². The molecule has 3 nitrogen and oxygen atoms in total. The SMILES string of the molecule is CCSc1cc(Cl)cnc1-c1nccn1C. The molecule has 0 fully saturated rings. The molecule has 0 aromatic carbocycles. The van der Waals surface area contributed by atoms with Gasteiger partial charge in [-0.2, -0.15) is 0 Å². The number of hydrogen-bond donors (Lipinski definition) is 0. The molecule has 2 rings (SSSR count). The zero-order valence-electron chi connectivity index (χ0n) is 9.14. The summed E-state index contributed by atoms with van der Waals surface area (Å²) < 4.78 is 1.95. The second-order valence-corrected chi connectivity index (χ2v) is 5.04. The van der Waals surface area contributed by atoms with Crippen LogP contribution >= 0.6 is 23.4 Å². The lowest BCUT2D eigenvalue weighted by Crippen LogP contribution is -1.96. The molecular formula is C11H12ClN3S. The molecular weight excluding hydrogens is 242 g/mol. The van der Waals surface area contributed by atoms with Gasteiger partial charge in [0.15, 0.2) is 5.82 Å². The molecule has 2 aromatic rings. The van der Waals surface area contributed by atoms with Gasteiger partial charge in [-0.25, -0.2) is 4.98 Å². The fraction of sp³-hybridized carbons (Fsp3) is 0.273. The number of thioether (sulfide) groups is 1. The maximum atomic E-state index is 5.95. The molecule has 0 radical (unpaired) electrons. The highest BCUT2D eigenvalue weighted by Gasteiger charge is 2.11. The summed E-state index contributed by atoms with van der Waals surface area (Å²) >= 11 is 7.67. The van der Waals surface area contributed by atoms with Crippen LogP contribution in [-0.4, -0.2) is 20.3 Å². The van der Waals surface area contributed by atoms with Crippen molar-refractivity contribution in [3.63, 3.8) is 0 Å². The minimum absolute atomic E-state index is 0.661. The number of halogens is 1. The molecule has 0 saturated carbocycles. The minimum Gasteiger partial charge on any atom is -0.333 e. The van der Waals surface area contributed by atoms with Crippen molar-refractivity contribution in [2.24, 2.45) is 7.05 Å². The Bertz CT molecular complexity index is 496. The molecule has 16 heavy (non-hydrogen) atoms. The van der Waals surface area contributed by atoms with Gasteiger partial charge in [0, 0.05) is 30.5 Å². The molecule has 0 bridgehead atoms. The molecule has 0 aliphatic heterocycles. The molecule has 84 valence electrons. The number of aryl methyl sites for hydroxylation is 1. The Morgan fingerprint density at radius 3 is 2.88 bits per heavy atom. The average Bonchev–Trinajstić information content (AvgIpc) is 2.65. The maximum Gasteiger partial charge on any atom is 0.159 e. The van der Waals surface area contributed by atoms with Crippen LogP contribution in [0.3, 0.4) is 0 Å². The average molecular weight is 254 g/mol. The van der Waals surface area contributed by atoms with Gasteiger partial charge in [0.05, 0.1) is 5.02 Å². The largest absolute Gasteiger partial charge is 0.333 e. The molecule has 0 N–H and O–H groups in total. The van der Waals surface area contributed by atoms with Gasteiger partial charge in [-0.05, 0) is 11.8 Å². The number of nitrogens with zero attached hydrogens (tertiary/aromatic N) is 3. The summed E-state index contributed by atoms with van der Waals surface area (Å²) in [6.45, 7) is 2.10. The van der Waals surface area contributed by atoms with Crippen LogP contribution in [-0.2, 0) is 7.05 Å². The molecule has 0 unspecified atom stereocenters. The predicted molar refractivity (Wildman–Crippen MR) is 67.8 cm³/mol. The zero-order chi connectivity index (χ0) is 11.5. The monoisotopic (exact) mass is 253 g/mol. The van der Waals surface area contributed by atoms with Crippen LogP contribution in [0.5, 0.6) is 0 Å². The van der Waals surface area contributed by atoms with Crippen molar-refractivity contribution in [1.82, 2.24) is 14.5 Å². The van der Waals surface area contributed by atoms with E-state index in [4.69, 9.17) is 11.6 Å². The summed E-state index contributed by atoms with van der Waals surface area (Å²) in [5.74, 6) is 1.85. The van der Waals surface area contributed by atoms with Crippen molar-refractivity contribution in [3.8, 4) is 11.5 Å². The van der Waals surface area contributed by atoms with Gasteiger partial charge in [0.25, 0.3) is 0 Å². The van der Waals surface area contributed by atoms with Gasteiger partial charge in [0.1, 0.15) is 5.69 Å². The Labute approximate surface area is 104 Å². The van der Waals surface area contributed by atoms with Gasteiger partial charge in [-0.15, -0.1) is 11.8 Å². The highest BCUT2D eigenvalue weighted by Crippen LogP contribution is 2.30. The van der Waals surface area contributed by atoms with Crippen molar-refractivity contribution >= 4 is 23.4 Å². The van der Waals surface area contributed by atoms with E-state index in [-0.39, 0.29) is 0 Å². The van der Waals surface area contributed by atoms with E-state index < -0.39 is 0 Å². The van der Waals surface area contributed by atoms with E-state index in [0.717, 1.165) is 22.2 Å². The number of rotatable bonds is 3. The van der Waals surface area contributed by atoms with Crippen LogP contribution in [0.1, 0.15) is 6.92 Å². The molecule has 0 saturated heterocycles. The maximum absolute atomic E-state index is 5.95. The topological polar surface area (TPSA) is 30.7 Å². The molecule has 0 amide bonds. The van der Waals surface area contributed by atoms with Crippen LogP contribution in [0, 0.1) is 0 Å². The van der Waals surface area contributed by atoms with Crippen LogP contribution in [0.15, 0.2) is 29.6 Å². The summed E-state index contributed by atoms with van der Waals surface area (Å²) in [6.07, 6.45) is 5.34. The number of pyridine rings is 1. The van der Waals surface area contributed by atoms with E-state index >= 15 is 0 Å². The first-order valence-corrected chi connectivity index (χ1v) is 6.34. The quantitative estimate of drug-likeness (QED) is 0.787. The molecule has 2 heterocycles. The first-order chi connectivity index (χ1) is 7.72. The Balaban J connectivity index is 2.51. The van der Waals surface area contributed by atoms with E-state index in [0.29, 0.717) is 5.02 Å². The molecule has 5 heteroatoms. The third-order valence-corrected chi connectivity index (χ3v) is 3.27. The Morgan fingerprint density at radius 1 is 1.44 bits per heavy atom. The lowest BCUT2D eigenvalue weighted by Gasteiger charge is -2.07. The molecule has 0 aliphatic carbocycles. The van der Waals surface area contributed by atoms with Crippen molar-refractivity contribution < 1.29 is 0 Å². The van der Waals surface area contributed by atoms with Crippen molar-refractivity contribution in [2.45, 2.75) is 11.8 Å². The minimum atomic E-state index is 0.661. The van der Waals surface area contributed by atoms with Crippen LogP contribution in [0.4, 0.5) is 0 Å². The summed E-state index contributed by atoms with van der Waals surface area (Å²) in [4.78, 5) is 9.74. The Morgan fingerprint density at radius 2 is 2.25 bits per heavy atom. The molecule has 0 atom stereocenters. The lowest BCUT2D eigenvalue weighted by molar-refractivity contribution is 0.912. The fourth-order valence-electron chi connectivity index (χ4n) is 1.45. The second-order valence-electron chi connectivity index (χ2n) is 3.30. The summed E-state index contributed by atoms with van der Waals surface area (Å²) in [6, 6.07) is 1.94. The third-order valence-electron chi connectivity index (χ3n) is 2.15. The van der Waals surface area contributed by atoms with E-state index in [2.05, 4.69) is 16.9 Å². The van der Waals surface area contributed by atoms with Gasteiger partial charge < -0.3 is 4.57 Å². The highest BCUT2D eigenvalue weighted by molar-refractivity contribution is 7.99. The van der Waals surface area contributed by atoms with Crippen molar-refractivity contribution in [1.29, 1.82) is 0 Å². The second kappa shape index (κ2) is 4.89. The molecule has 0 aliphatic rings. The van der Waals surface area contributed by atoms with Crippen LogP contribution in [0.25, 0.3) is 11.5 Å². The van der Waals surface area contributed by atoms with E-state index in [1.165, 1.54) is 0 Å². The zero-order valence-corrected chi connectivity index (χ0v) is 10.7. The van der Waals surface area contributed by atoms with E-state index in [1.54, 1.807) is 24.2 Å². The summed E-state index contributed by atoms with van der Waals surface area (Å²) in [5, 5.41) is 0.661. The molecule has 2 aromatic heterocycles. The number of imidazole rings is 1. The number of hydrogen-bond acceptors (Lipinski definition) is 3. The standard InChI is InChI=1S/C11H12ClN3S/c1-3-16-9-6-8(12)7-14-10(9)11-13-4-5-15(11)2/h4-7H,3H2,1-2H3. The smallest absolute Gasteiger partial charge is 0.159 e. The molecule has 0 spiro atoms. The predicted octanol–water partition coefficient (Wildman–Crippen LogP) is 3.25. The van der Waals surface area contributed by atoms with Crippen molar-refractivity contribution in [2.75, 3.05) is 5.75 Å². The van der Waals surface area contributed by atoms with E-state index in [1.807, 2.05) is 23.9 Å². The van der Waals surface area contributed by atoms with Gasteiger partial charge in [0.2, 0.25) is 0 Å². The van der Waals surface area contributed by atoms with Crippen LogP contribution in [0.2, 0.25) is 5.02 Å². The fourth-order valence-corrected chi connectivity index (χ4v) is 2.47. The summed E-state index contributed by atoms with van der Waals surface area (Å²) in [7, 11) is 1.96. The van der Waals surface area contributed by atoms with Gasteiger partial charge >= 0.3 is 0 Å². The Hall–Kier alpha value is -1.00. The third kappa shape index (κ3) is 2.23. The van der Waals surface area contributed by atoms with Gasteiger partial charge in [-0.1, -0.05) is 18.5 Å². The first-order valence-electron chi connectivity index (χ1n) is 4.98. The summed E-state index contributed by atoms with van der Waals surface area (Å²) in [5.41, 5.74) is 0.892. The Kier molecular flexibility index (Phi) is 3.51. The van der Waals surface area contributed by atoms with E-state index in [9.17, 15) is 0 Å². The van der Waals surface area contributed by atoms with Crippen LogP contribution < -0.4 is 0 Å². The lowest BCUT2D eigenvalue weighted by atomic mass is 10.3. The highest BCUT2D eigenvalue weighted by atomic mass is 35.5.